The molecule has 0 aromatic heterocycles. The third kappa shape index (κ3) is 3.51. The summed E-state index contributed by atoms with van der Waals surface area (Å²) in [5, 5.41) is 1.30. The standard InChI is InChI=1S/C11H9ClF3NO3/c12-8-3-1-2-4-9(8)18-7-5-16(6-7)19-10(17)11(13,14)15/h1-4,7H,5-6H2. The Balaban J connectivity index is 1.78. The van der Waals surface area contributed by atoms with Crippen LogP contribution in [0.15, 0.2) is 24.3 Å². The van der Waals surface area contributed by atoms with Crippen LogP contribution >= 0.6 is 11.6 Å². The van der Waals surface area contributed by atoms with E-state index in [2.05, 4.69) is 4.84 Å². The van der Waals surface area contributed by atoms with Crippen molar-refractivity contribution in [3.63, 3.8) is 0 Å². The molecule has 0 bridgehead atoms. The predicted molar refractivity (Wildman–Crippen MR) is 59.6 cm³/mol. The molecule has 0 spiro atoms. The van der Waals surface area contributed by atoms with Crippen LogP contribution in [0.1, 0.15) is 0 Å². The number of alkyl halides is 3. The van der Waals surface area contributed by atoms with E-state index in [1.807, 2.05) is 0 Å². The van der Waals surface area contributed by atoms with E-state index in [0.29, 0.717) is 10.8 Å². The number of nitrogens with zero attached hydrogens (tertiary/aromatic N) is 1. The van der Waals surface area contributed by atoms with E-state index >= 15 is 0 Å². The lowest BCUT2D eigenvalue weighted by molar-refractivity contribution is -0.262. The number of carbonyl (C=O) groups is 1. The number of benzene rings is 1. The lowest BCUT2D eigenvalue weighted by Gasteiger charge is -2.36. The van der Waals surface area contributed by atoms with E-state index in [1.54, 1.807) is 24.3 Å². The Kier molecular flexibility index (Phi) is 3.86. The van der Waals surface area contributed by atoms with Crippen LogP contribution in [-0.4, -0.2) is 36.4 Å². The number of carbonyl (C=O) groups excluding carboxylic acids is 1. The van der Waals surface area contributed by atoms with E-state index in [0.717, 1.165) is 5.06 Å². The second-order valence-corrected chi connectivity index (χ2v) is 4.30. The Hall–Kier alpha value is -1.47. The summed E-state index contributed by atoms with van der Waals surface area (Å²) in [6.45, 7) is 0.125. The van der Waals surface area contributed by atoms with Gasteiger partial charge in [0.2, 0.25) is 0 Å². The van der Waals surface area contributed by atoms with Crippen LogP contribution in [0, 0.1) is 0 Å². The zero-order valence-corrected chi connectivity index (χ0v) is 10.2. The van der Waals surface area contributed by atoms with Crippen molar-refractivity contribution in [3.8, 4) is 5.75 Å². The molecular formula is C11H9ClF3NO3. The molecule has 4 nitrogen and oxygen atoms in total. The molecule has 1 saturated heterocycles. The molecule has 0 N–H and O–H groups in total. The topological polar surface area (TPSA) is 38.8 Å². The van der Waals surface area contributed by atoms with Crippen LogP contribution < -0.4 is 4.74 Å². The van der Waals surface area contributed by atoms with Crippen molar-refractivity contribution >= 4 is 17.6 Å². The fourth-order valence-corrected chi connectivity index (χ4v) is 1.62. The third-order valence-corrected chi connectivity index (χ3v) is 2.70. The van der Waals surface area contributed by atoms with Gasteiger partial charge in [-0.25, -0.2) is 4.79 Å². The van der Waals surface area contributed by atoms with Gasteiger partial charge in [0, 0.05) is 0 Å². The molecule has 104 valence electrons. The Bertz CT molecular complexity index is 474. The Morgan fingerprint density at radius 1 is 1.32 bits per heavy atom. The second kappa shape index (κ2) is 5.26. The van der Waals surface area contributed by atoms with Crippen LogP contribution in [0.25, 0.3) is 0 Å². The highest BCUT2D eigenvalue weighted by Crippen LogP contribution is 2.27. The summed E-state index contributed by atoms with van der Waals surface area (Å²) in [6.07, 6.45) is -5.35. The lowest BCUT2D eigenvalue weighted by Crippen LogP contribution is -2.55. The quantitative estimate of drug-likeness (QED) is 0.858. The summed E-state index contributed by atoms with van der Waals surface area (Å²) in [4.78, 5) is 14.6. The van der Waals surface area contributed by atoms with E-state index in [1.165, 1.54) is 0 Å². The van der Waals surface area contributed by atoms with Crippen molar-refractivity contribution < 1.29 is 27.5 Å². The minimum absolute atomic E-state index is 0.0625. The molecule has 0 amide bonds. The van der Waals surface area contributed by atoms with Gasteiger partial charge in [-0.05, 0) is 12.1 Å². The normalized spacial score (nSPS) is 16.8. The van der Waals surface area contributed by atoms with Gasteiger partial charge in [0.05, 0.1) is 18.1 Å². The molecule has 1 heterocycles. The molecule has 0 unspecified atom stereocenters. The summed E-state index contributed by atoms with van der Waals surface area (Å²) in [5.74, 6) is -1.79. The van der Waals surface area contributed by atoms with Crippen molar-refractivity contribution in [2.75, 3.05) is 13.1 Å². The first kappa shape index (κ1) is 14.0. The highest BCUT2D eigenvalue weighted by atomic mass is 35.5. The van der Waals surface area contributed by atoms with Crippen molar-refractivity contribution in [2.45, 2.75) is 12.3 Å². The first-order valence-electron chi connectivity index (χ1n) is 5.31. The fourth-order valence-electron chi connectivity index (χ4n) is 1.44. The summed E-state index contributed by atoms with van der Waals surface area (Å²) in [5.41, 5.74) is 0. The monoisotopic (exact) mass is 295 g/mol. The van der Waals surface area contributed by atoms with Gasteiger partial charge < -0.3 is 9.57 Å². The van der Waals surface area contributed by atoms with Crippen LogP contribution in [-0.2, 0) is 9.63 Å². The number of para-hydroxylation sites is 1. The lowest BCUT2D eigenvalue weighted by atomic mass is 10.2. The summed E-state index contributed by atoms with van der Waals surface area (Å²) < 4.78 is 41.2. The fraction of sp³-hybridized carbons (Fsp3) is 0.364. The van der Waals surface area contributed by atoms with Gasteiger partial charge >= 0.3 is 12.1 Å². The van der Waals surface area contributed by atoms with Gasteiger partial charge in [-0.3, -0.25) is 0 Å². The van der Waals surface area contributed by atoms with Gasteiger partial charge in [-0.1, -0.05) is 23.7 Å². The molecule has 1 aromatic rings. The molecule has 0 aliphatic carbocycles. The van der Waals surface area contributed by atoms with E-state index in [-0.39, 0.29) is 19.2 Å². The first-order chi connectivity index (χ1) is 8.86. The molecule has 0 atom stereocenters. The minimum atomic E-state index is -4.99. The number of hydrogen-bond donors (Lipinski definition) is 0. The molecule has 1 aromatic carbocycles. The minimum Gasteiger partial charge on any atom is -0.486 e. The van der Waals surface area contributed by atoms with Gasteiger partial charge in [-0.15, -0.1) is 5.06 Å². The maximum Gasteiger partial charge on any atom is 0.492 e. The zero-order chi connectivity index (χ0) is 14.0. The molecule has 0 radical (unpaired) electrons. The molecule has 0 saturated carbocycles. The molecule has 1 aliphatic rings. The smallest absolute Gasteiger partial charge is 0.486 e. The number of ether oxygens (including phenoxy) is 1. The van der Waals surface area contributed by atoms with Crippen molar-refractivity contribution in [3.05, 3.63) is 29.3 Å². The molecule has 19 heavy (non-hydrogen) atoms. The maximum absolute atomic E-state index is 11.9. The van der Waals surface area contributed by atoms with Crippen LogP contribution in [0.4, 0.5) is 13.2 Å². The Morgan fingerprint density at radius 2 is 1.95 bits per heavy atom. The molecule has 1 fully saturated rings. The molecule has 1 aliphatic heterocycles. The number of halogens is 4. The molecule has 8 heteroatoms. The van der Waals surface area contributed by atoms with E-state index in [4.69, 9.17) is 16.3 Å². The average Bonchev–Trinajstić information content (AvgIpc) is 2.27. The van der Waals surface area contributed by atoms with Crippen LogP contribution in [0.2, 0.25) is 5.02 Å². The second-order valence-electron chi connectivity index (χ2n) is 3.89. The van der Waals surface area contributed by atoms with Gasteiger partial charge in [0.15, 0.2) is 0 Å². The Labute approximate surface area is 111 Å². The van der Waals surface area contributed by atoms with E-state index < -0.39 is 12.1 Å². The summed E-state index contributed by atoms with van der Waals surface area (Å²) in [7, 11) is 0. The van der Waals surface area contributed by atoms with Crippen molar-refractivity contribution in [1.29, 1.82) is 0 Å². The molecular weight excluding hydrogens is 287 g/mol. The van der Waals surface area contributed by atoms with Crippen molar-refractivity contribution in [2.24, 2.45) is 0 Å². The van der Waals surface area contributed by atoms with Crippen molar-refractivity contribution in [1.82, 2.24) is 5.06 Å². The summed E-state index contributed by atoms with van der Waals surface area (Å²) >= 11 is 5.86. The van der Waals surface area contributed by atoms with Gasteiger partial charge in [0.1, 0.15) is 11.9 Å². The third-order valence-electron chi connectivity index (χ3n) is 2.39. The van der Waals surface area contributed by atoms with E-state index in [9.17, 15) is 18.0 Å². The Morgan fingerprint density at radius 3 is 2.53 bits per heavy atom. The zero-order valence-electron chi connectivity index (χ0n) is 9.48. The number of rotatable bonds is 3. The van der Waals surface area contributed by atoms with Crippen LogP contribution in [0.3, 0.4) is 0 Å². The largest absolute Gasteiger partial charge is 0.492 e. The SMILES string of the molecule is O=C(ON1CC(Oc2ccccc2Cl)C1)C(F)(F)F. The highest BCUT2D eigenvalue weighted by Gasteiger charge is 2.44. The van der Waals surface area contributed by atoms with Crippen LogP contribution in [0.5, 0.6) is 5.75 Å². The number of hydrogen-bond acceptors (Lipinski definition) is 4. The summed E-state index contributed by atoms with van der Waals surface area (Å²) in [6, 6.07) is 6.73. The first-order valence-corrected chi connectivity index (χ1v) is 5.69. The molecule has 2 rings (SSSR count). The van der Waals surface area contributed by atoms with Gasteiger partial charge in [0.25, 0.3) is 0 Å². The maximum atomic E-state index is 11.9. The highest BCUT2D eigenvalue weighted by molar-refractivity contribution is 6.32. The predicted octanol–water partition coefficient (Wildman–Crippen LogP) is 2.42. The number of hydroxylamine groups is 2. The van der Waals surface area contributed by atoms with Gasteiger partial charge in [-0.2, -0.15) is 13.2 Å². The average molecular weight is 296 g/mol.